The first-order chi connectivity index (χ1) is 6.38. The molecule has 0 saturated heterocycles. The minimum Gasteiger partial charge on any atom is -0.481 e. The molecule has 1 aromatic rings. The van der Waals surface area contributed by atoms with Gasteiger partial charge in [-0.1, -0.05) is 11.3 Å². The van der Waals surface area contributed by atoms with Crippen LogP contribution < -0.4 is 4.74 Å². The first kappa shape index (κ1) is 8.75. The van der Waals surface area contributed by atoms with E-state index in [2.05, 4.69) is 0 Å². The summed E-state index contributed by atoms with van der Waals surface area (Å²) in [6.45, 7) is 0. The second-order valence-electron chi connectivity index (χ2n) is 3.30. The van der Waals surface area contributed by atoms with Crippen LogP contribution in [0.25, 0.3) is 0 Å². The Balaban J connectivity index is 1.96. The van der Waals surface area contributed by atoms with Gasteiger partial charge in [0.1, 0.15) is 0 Å². The standard InChI is InChI=1S/C10H12O2S/c11-7-9-5-6-10(13-9)12-8-3-1-2-4-8/h5-8H,1-4H2. The van der Waals surface area contributed by atoms with E-state index in [4.69, 9.17) is 4.74 Å². The molecule has 2 rings (SSSR count). The highest BCUT2D eigenvalue weighted by molar-refractivity contribution is 7.15. The first-order valence-corrected chi connectivity index (χ1v) is 5.42. The van der Waals surface area contributed by atoms with E-state index >= 15 is 0 Å². The molecule has 0 aromatic carbocycles. The van der Waals surface area contributed by atoms with Crippen molar-refractivity contribution in [1.82, 2.24) is 0 Å². The van der Waals surface area contributed by atoms with Gasteiger partial charge in [-0.3, -0.25) is 4.79 Å². The topological polar surface area (TPSA) is 26.3 Å². The van der Waals surface area contributed by atoms with Crippen LogP contribution in [0.15, 0.2) is 12.1 Å². The Morgan fingerprint density at radius 2 is 2.15 bits per heavy atom. The Kier molecular flexibility index (Phi) is 2.64. The molecule has 0 aliphatic heterocycles. The fourth-order valence-electron chi connectivity index (χ4n) is 1.63. The average Bonchev–Trinajstić information content (AvgIpc) is 2.76. The number of ether oxygens (including phenoxy) is 1. The van der Waals surface area contributed by atoms with Crippen LogP contribution in [-0.2, 0) is 0 Å². The molecule has 1 aliphatic rings. The normalized spacial score (nSPS) is 17.5. The van der Waals surface area contributed by atoms with Gasteiger partial charge in [0.25, 0.3) is 0 Å². The average molecular weight is 196 g/mol. The van der Waals surface area contributed by atoms with Crippen molar-refractivity contribution in [1.29, 1.82) is 0 Å². The number of hydrogen-bond acceptors (Lipinski definition) is 3. The maximum Gasteiger partial charge on any atom is 0.174 e. The van der Waals surface area contributed by atoms with E-state index in [9.17, 15) is 4.79 Å². The molecule has 0 N–H and O–H groups in total. The van der Waals surface area contributed by atoms with Crippen molar-refractivity contribution >= 4 is 17.6 Å². The number of hydrogen-bond donors (Lipinski definition) is 0. The Morgan fingerprint density at radius 3 is 2.77 bits per heavy atom. The van der Waals surface area contributed by atoms with Gasteiger partial charge < -0.3 is 4.74 Å². The lowest BCUT2D eigenvalue weighted by Gasteiger charge is -2.09. The zero-order valence-corrected chi connectivity index (χ0v) is 8.18. The minimum atomic E-state index is 0.387. The molecule has 0 atom stereocenters. The van der Waals surface area contributed by atoms with Crippen molar-refractivity contribution in [2.75, 3.05) is 0 Å². The van der Waals surface area contributed by atoms with Crippen molar-refractivity contribution in [2.24, 2.45) is 0 Å². The highest BCUT2D eigenvalue weighted by atomic mass is 32.1. The Hall–Kier alpha value is -0.830. The number of thiophene rings is 1. The molecule has 1 aliphatic carbocycles. The van der Waals surface area contributed by atoms with Crippen LogP contribution in [0, 0.1) is 0 Å². The number of carbonyl (C=O) groups is 1. The van der Waals surface area contributed by atoms with Crippen LogP contribution in [0.2, 0.25) is 0 Å². The summed E-state index contributed by atoms with van der Waals surface area (Å²) in [5, 5.41) is 0.883. The van der Waals surface area contributed by atoms with Crippen molar-refractivity contribution in [3.63, 3.8) is 0 Å². The van der Waals surface area contributed by atoms with Gasteiger partial charge in [0.15, 0.2) is 11.3 Å². The van der Waals surface area contributed by atoms with E-state index in [-0.39, 0.29) is 0 Å². The third-order valence-electron chi connectivity index (χ3n) is 2.30. The molecule has 1 heterocycles. The maximum atomic E-state index is 10.4. The highest BCUT2D eigenvalue weighted by Crippen LogP contribution is 2.28. The van der Waals surface area contributed by atoms with Crippen LogP contribution >= 0.6 is 11.3 Å². The predicted molar refractivity (Wildman–Crippen MR) is 52.6 cm³/mol. The van der Waals surface area contributed by atoms with Crippen LogP contribution in [0.5, 0.6) is 5.06 Å². The van der Waals surface area contributed by atoms with Crippen LogP contribution in [-0.4, -0.2) is 12.4 Å². The Labute approximate surface area is 81.5 Å². The van der Waals surface area contributed by atoms with Gasteiger partial charge in [-0.05, 0) is 37.8 Å². The van der Waals surface area contributed by atoms with E-state index in [1.165, 1.54) is 24.2 Å². The van der Waals surface area contributed by atoms with Gasteiger partial charge in [-0.15, -0.1) is 0 Å². The zero-order chi connectivity index (χ0) is 9.10. The molecule has 70 valence electrons. The molecular weight excluding hydrogens is 184 g/mol. The van der Waals surface area contributed by atoms with Crippen molar-refractivity contribution in [3.05, 3.63) is 17.0 Å². The van der Waals surface area contributed by atoms with Gasteiger partial charge >= 0.3 is 0 Å². The summed E-state index contributed by atoms with van der Waals surface area (Å²) in [5.74, 6) is 0. The van der Waals surface area contributed by atoms with Crippen LogP contribution in [0.4, 0.5) is 0 Å². The van der Waals surface area contributed by atoms with Crippen LogP contribution in [0.1, 0.15) is 35.4 Å². The summed E-state index contributed by atoms with van der Waals surface area (Å²) in [4.78, 5) is 11.2. The molecule has 3 heteroatoms. The molecular formula is C10H12O2S. The highest BCUT2D eigenvalue weighted by Gasteiger charge is 2.16. The molecule has 0 spiro atoms. The van der Waals surface area contributed by atoms with Gasteiger partial charge in [-0.2, -0.15) is 0 Å². The molecule has 1 saturated carbocycles. The molecule has 0 unspecified atom stereocenters. The zero-order valence-electron chi connectivity index (χ0n) is 7.36. The van der Waals surface area contributed by atoms with Gasteiger partial charge in [0, 0.05) is 0 Å². The Bertz CT molecular complexity index is 287. The SMILES string of the molecule is O=Cc1ccc(OC2CCCC2)s1. The van der Waals surface area contributed by atoms with Gasteiger partial charge in [-0.25, -0.2) is 0 Å². The molecule has 13 heavy (non-hydrogen) atoms. The van der Waals surface area contributed by atoms with E-state index in [0.29, 0.717) is 6.10 Å². The lowest BCUT2D eigenvalue weighted by Crippen LogP contribution is -2.09. The third-order valence-corrected chi connectivity index (χ3v) is 3.20. The lowest BCUT2D eigenvalue weighted by atomic mass is 10.3. The summed E-state index contributed by atoms with van der Waals surface area (Å²) in [7, 11) is 0. The molecule has 0 bridgehead atoms. The minimum absolute atomic E-state index is 0.387. The van der Waals surface area contributed by atoms with Gasteiger partial charge in [0.05, 0.1) is 11.0 Å². The molecule has 2 nitrogen and oxygen atoms in total. The van der Waals surface area contributed by atoms with Crippen molar-refractivity contribution in [3.8, 4) is 5.06 Å². The third kappa shape index (κ3) is 2.10. The lowest BCUT2D eigenvalue weighted by molar-refractivity contribution is 0.112. The van der Waals surface area contributed by atoms with Crippen molar-refractivity contribution in [2.45, 2.75) is 31.8 Å². The number of rotatable bonds is 3. The fraction of sp³-hybridized carbons (Fsp3) is 0.500. The smallest absolute Gasteiger partial charge is 0.174 e. The van der Waals surface area contributed by atoms with Gasteiger partial charge in [0.2, 0.25) is 0 Å². The summed E-state index contributed by atoms with van der Waals surface area (Å²) < 4.78 is 5.72. The maximum absolute atomic E-state index is 10.4. The Morgan fingerprint density at radius 1 is 1.38 bits per heavy atom. The predicted octanol–water partition coefficient (Wildman–Crippen LogP) is 2.88. The summed E-state index contributed by atoms with van der Waals surface area (Å²) in [6, 6.07) is 3.69. The number of aldehydes is 1. The van der Waals surface area contributed by atoms with E-state index < -0.39 is 0 Å². The summed E-state index contributed by atoms with van der Waals surface area (Å²) in [5.41, 5.74) is 0. The molecule has 0 amide bonds. The van der Waals surface area contributed by atoms with E-state index in [1.54, 1.807) is 0 Å². The quantitative estimate of drug-likeness (QED) is 0.695. The summed E-state index contributed by atoms with van der Waals surface area (Å²) >= 11 is 1.43. The number of carbonyl (C=O) groups excluding carboxylic acids is 1. The van der Waals surface area contributed by atoms with E-state index in [1.807, 2.05) is 12.1 Å². The van der Waals surface area contributed by atoms with Crippen LogP contribution in [0.3, 0.4) is 0 Å². The molecule has 1 aromatic heterocycles. The van der Waals surface area contributed by atoms with E-state index in [0.717, 1.165) is 29.1 Å². The summed E-state index contributed by atoms with van der Waals surface area (Å²) in [6.07, 6.45) is 6.13. The fourth-order valence-corrected chi connectivity index (χ4v) is 2.37. The second-order valence-corrected chi connectivity index (χ2v) is 4.38. The van der Waals surface area contributed by atoms with Crippen molar-refractivity contribution < 1.29 is 9.53 Å². The second kappa shape index (κ2) is 3.92. The molecule has 1 fully saturated rings. The molecule has 0 radical (unpaired) electrons. The monoisotopic (exact) mass is 196 g/mol. The first-order valence-electron chi connectivity index (χ1n) is 4.60. The largest absolute Gasteiger partial charge is 0.481 e.